The molecule has 1 rings (SSSR count). The van der Waals surface area contributed by atoms with Crippen LogP contribution in [0.1, 0.15) is 32.3 Å². The van der Waals surface area contributed by atoms with Gasteiger partial charge in [0, 0.05) is 0 Å². The molecule has 0 aliphatic heterocycles. The molecule has 5 heteroatoms. The highest BCUT2D eigenvalue weighted by atomic mass is 16.5. The number of hydrogen-bond acceptors (Lipinski definition) is 3. The van der Waals surface area contributed by atoms with E-state index in [0.29, 0.717) is 12.3 Å². The normalized spacial score (nSPS) is 11.4. The Balaban J connectivity index is 2.55. The van der Waals surface area contributed by atoms with E-state index in [9.17, 15) is 9.59 Å². The predicted octanol–water partition coefficient (Wildman–Crippen LogP) is 3.29. The minimum atomic E-state index is -1.18. The summed E-state index contributed by atoms with van der Waals surface area (Å²) in [4.78, 5) is 26.0. The molecule has 0 heterocycles. The van der Waals surface area contributed by atoms with E-state index in [0.717, 1.165) is 5.56 Å². The average molecular weight is 277 g/mol. The number of aliphatic imine (C=N–C) groups is 1. The molecule has 0 fully saturated rings. The monoisotopic (exact) mass is 277 g/mol. The Morgan fingerprint density at radius 2 is 1.90 bits per heavy atom. The molecule has 0 atom stereocenters. The summed E-state index contributed by atoms with van der Waals surface area (Å²) in [5, 5.41) is 8.98. The number of benzene rings is 1. The number of amides is 1. The van der Waals surface area contributed by atoms with Crippen LogP contribution in [0.15, 0.2) is 35.3 Å². The molecule has 0 spiro atoms. The summed E-state index contributed by atoms with van der Waals surface area (Å²) < 4.78 is 4.93. The molecular formula is C15H19NO4. The number of carboxylic acid groups (broad SMARTS) is 1. The van der Waals surface area contributed by atoms with Gasteiger partial charge in [-0.2, -0.15) is 4.99 Å². The molecular weight excluding hydrogens is 258 g/mol. The van der Waals surface area contributed by atoms with Crippen molar-refractivity contribution in [2.24, 2.45) is 10.9 Å². The van der Waals surface area contributed by atoms with Crippen molar-refractivity contribution in [3.8, 4) is 0 Å². The number of carbonyl (C=O) groups is 2. The molecule has 0 saturated carbocycles. The fourth-order valence-corrected chi connectivity index (χ4v) is 1.50. The van der Waals surface area contributed by atoms with Crippen LogP contribution in [0.25, 0.3) is 0 Å². The summed E-state index contributed by atoms with van der Waals surface area (Å²) in [5.41, 5.74) is 0.673. The van der Waals surface area contributed by atoms with E-state index >= 15 is 0 Å². The van der Waals surface area contributed by atoms with Crippen molar-refractivity contribution < 1.29 is 19.4 Å². The minimum Gasteiger partial charge on any atom is -0.477 e. The summed E-state index contributed by atoms with van der Waals surface area (Å²) in [5.74, 6) is -0.831. The first kappa shape index (κ1) is 15.9. The van der Waals surface area contributed by atoms with Crippen LogP contribution >= 0.6 is 0 Å². The lowest BCUT2D eigenvalue weighted by molar-refractivity contribution is -0.129. The van der Waals surface area contributed by atoms with Crippen molar-refractivity contribution in [1.29, 1.82) is 0 Å². The van der Waals surface area contributed by atoms with Crippen LogP contribution < -0.4 is 0 Å². The summed E-state index contributed by atoms with van der Waals surface area (Å²) in [6, 6.07) is 9.15. The molecule has 0 aliphatic rings. The Hall–Kier alpha value is -2.17. The molecule has 1 N–H and O–H groups in total. The van der Waals surface area contributed by atoms with Gasteiger partial charge >= 0.3 is 12.1 Å². The predicted molar refractivity (Wildman–Crippen MR) is 75.8 cm³/mol. The zero-order valence-electron chi connectivity index (χ0n) is 11.7. The summed E-state index contributed by atoms with van der Waals surface area (Å²) in [6.45, 7) is 4.04. The second-order valence-electron chi connectivity index (χ2n) is 4.84. The highest BCUT2D eigenvalue weighted by molar-refractivity contribution is 6.37. The topological polar surface area (TPSA) is 76.0 Å². The zero-order chi connectivity index (χ0) is 15.0. The molecule has 0 aliphatic carbocycles. The number of aliphatic carboxylic acids is 1. The molecule has 0 unspecified atom stereocenters. The third-order valence-electron chi connectivity index (χ3n) is 2.64. The molecule has 0 bridgehead atoms. The Morgan fingerprint density at radius 1 is 1.25 bits per heavy atom. The van der Waals surface area contributed by atoms with Crippen molar-refractivity contribution >= 4 is 17.8 Å². The van der Waals surface area contributed by atoms with Gasteiger partial charge in [0.05, 0.1) is 0 Å². The van der Waals surface area contributed by atoms with Gasteiger partial charge in [-0.25, -0.2) is 9.59 Å². The SMILES string of the molecule is CC(C)CCC(=NC(=O)OCc1ccccc1)C(=O)O. The third kappa shape index (κ3) is 6.13. The second-order valence-corrected chi connectivity index (χ2v) is 4.84. The Kier molecular flexibility index (Phi) is 6.43. The Labute approximate surface area is 118 Å². The van der Waals surface area contributed by atoms with Crippen molar-refractivity contribution in [1.82, 2.24) is 0 Å². The molecule has 1 aromatic carbocycles. The van der Waals surface area contributed by atoms with Crippen LogP contribution in [-0.4, -0.2) is 22.9 Å². The van der Waals surface area contributed by atoms with E-state index in [1.807, 2.05) is 44.2 Å². The maximum atomic E-state index is 11.5. The quantitative estimate of drug-likeness (QED) is 0.809. The van der Waals surface area contributed by atoms with Crippen molar-refractivity contribution in [3.63, 3.8) is 0 Å². The van der Waals surface area contributed by atoms with Crippen LogP contribution in [0.2, 0.25) is 0 Å². The van der Waals surface area contributed by atoms with E-state index in [1.165, 1.54) is 0 Å². The molecule has 20 heavy (non-hydrogen) atoms. The maximum absolute atomic E-state index is 11.5. The van der Waals surface area contributed by atoms with E-state index in [2.05, 4.69) is 4.99 Å². The summed E-state index contributed by atoms with van der Waals surface area (Å²) >= 11 is 0. The zero-order valence-corrected chi connectivity index (χ0v) is 11.7. The number of ether oxygens (including phenoxy) is 1. The van der Waals surface area contributed by atoms with Gasteiger partial charge in [-0.15, -0.1) is 0 Å². The van der Waals surface area contributed by atoms with Crippen molar-refractivity contribution in [3.05, 3.63) is 35.9 Å². The average Bonchev–Trinajstić information content (AvgIpc) is 2.41. The smallest absolute Gasteiger partial charge is 0.434 e. The number of carboxylic acids is 1. The van der Waals surface area contributed by atoms with E-state index in [-0.39, 0.29) is 18.7 Å². The first-order valence-electron chi connectivity index (χ1n) is 6.50. The van der Waals surface area contributed by atoms with Gasteiger partial charge in [0.2, 0.25) is 0 Å². The fourth-order valence-electron chi connectivity index (χ4n) is 1.50. The van der Waals surface area contributed by atoms with Crippen LogP contribution in [0.3, 0.4) is 0 Å². The van der Waals surface area contributed by atoms with E-state index in [4.69, 9.17) is 9.84 Å². The molecule has 108 valence electrons. The molecule has 0 saturated heterocycles. The molecule has 5 nitrogen and oxygen atoms in total. The number of carbonyl (C=O) groups excluding carboxylic acids is 1. The van der Waals surface area contributed by atoms with Gasteiger partial charge < -0.3 is 9.84 Å². The standard InChI is InChI=1S/C15H19NO4/c1-11(2)8-9-13(14(17)18)16-15(19)20-10-12-6-4-3-5-7-12/h3-7,11H,8-10H2,1-2H3,(H,17,18). The minimum absolute atomic E-state index is 0.0836. The molecule has 0 aromatic heterocycles. The first-order chi connectivity index (χ1) is 9.49. The fraction of sp³-hybridized carbons (Fsp3) is 0.400. The largest absolute Gasteiger partial charge is 0.477 e. The van der Waals surface area contributed by atoms with Gasteiger partial charge in [0.15, 0.2) is 0 Å². The van der Waals surface area contributed by atoms with Gasteiger partial charge in [-0.05, 0) is 24.3 Å². The van der Waals surface area contributed by atoms with E-state index in [1.54, 1.807) is 0 Å². The Morgan fingerprint density at radius 3 is 2.45 bits per heavy atom. The van der Waals surface area contributed by atoms with Gasteiger partial charge in [-0.1, -0.05) is 44.2 Å². The number of rotatable bonds is 6. The van der Waals surface area contributed by atoms with Crippen LogP contribution in [-0.2, 0) is 16.1 Å². The summed E-state index contributed by atoms with van der Waals surface area (Å²) in [6.07, 6.45) is 0.0554. The van der Waals surface area contributed by atoms with Crippen LogP contribution in [0.4, 0.5) is 4.79 Å². The molecule has 1 aromatic rings. The molecule has 1 amide bonds. The van der Waals surface area contributed by atoms with Crippen LogP contribution in [0, 0.1) is 5.92 Å². The highest BCUT2D eigenvalue weighted by Gasteiger charge is 2.13. The lowest BCUT2D eigenvalue weighted by atomic mass is 10.1. The maximum Gasteiger partial charge on any atom is 0.434 e. The number of nitrogens with zero attached hydrogens (tertiary/aromatic N) is 1. The van der Waals surface area contributed by atoms with Gasteiger partial charge in [-0.3, -0.25) is 0 Å². The Bertz CT molecular complexity index is 480. The molecule has 0 radical (unpaired) electrons. The lowest BCUT2D eigenvalue weighted by Gasteiger charge is -2.05. The van der Waals surface area contributed by atoms with Crippen molar-refractivity contribution in [2.45, 2.75) is 33.3 Å². The number of hydrogen-bond donors (Lipinski definition) is 1. The second kappa shape index (κ2) is 8.09. The van der Waals surface area contributed by atoms with E-state index < -0.39 is 12.1 Å². The summed E-state index contributed by atoms with van der Waals surface area (Å²) in [7, 11) is 0. The van der Waals surface area contributed by atoms with Crippen LogP contribution in [0.5, 0.6) is 0 Å². The third-order valence-corrected chi connectivity index (χ3v) is 2.64. The van der Waals surface area contributed by atoms with Gasteiger partial charge in [0.25, 0.3) is 0 Å². The van der Waals surface area contributed by atoms with Crippen molar-refractivity contribution in [2.75, 3.05) is 0 Å². The highest BCUT2D eigenvalue weighted by Crippen LogP contribution is 2.07. The lowest BCUT2D eigenvalue weighted by Crippen LogP contribution is -2.16. The van der Waals surface area contributed by atoms with Gasteiger partial charge in [0.1, 0.15) is 12.3 Å². The first-order valence-corrected chi connectivity index (χ1v) is 6.50.